The van der Waals surface area contributed by atoms with Crippen LogP contribution in [0.2, 0.25) is 0 Å². The van der Waals surface area contributed by atoms with Gasteiger partial charge in [0.1, 0.15) is 0 Å². The van der Waals surface area contributed by atoms with Crippen LogP contribution >= 0.6 is 0 Å². The lowest BCUT2D eigenvalue weighted by Crippen LogP contribution is -2.26. The van der Waals surface area contributed by atoms with E-state index >= 15 is 0 Å². The number of anilines is 1. The van der Waals surface area contributed by atoms with Crippen molar-refractivity contribution in [2.75, 3.05) is 32.6 Å². The lowest BCUT2D eigenvalue weighted by molar-refractivity contribution is -0.121. The highest BCUT2D eigenvalue weighted by atomic mass is 16.5. The molecule has 1 heterocycles. The standard InChI is InChI=1S/C20H28N4O3/c1-14-12-15(2)24-20(23-14)22-10-5-6-19(25)21-11-9-16-7-8-17(26-3)18(13-16)27-4/h7-8,12-13H,5-6,9-11H2,1-4H3,(H,21,25)(H,22,23,24). The second kappa shape index (κ2) is 10.4. The first kappa shape index (κ1) is 20.5. The number of hydrogen-bond acceptors (Lipinski definition) is 6. The van der Waals surface area contributed by atoms with Crippen LogP contribution in [0, 0.1) is 13.8 Å². The van der Waals surface area contributed by atoms with Gasteiger partial charge in [-0.15, -0.1) is 0 Å². The monoisotopic (exact) mass is 372 g/mol. The van der Waals surface area contributed by atoms with E-state index in [-0.39, 0.29) is 5.91 Å². The maximum Gasteiger partial charge on any atom is 0.223 e. The Balaban J connectivity index is 1.66. The summed E-state index contributed by atoms with van der Waals surface area (Å²) in [5.41, 5.74) is 2.94. The average Bonchev–Trinajstić information content (AvgIpc) is 2.64. The fourth-order valence-corrected chi connectivity index (χ4v) is 2.72. The fourth-order valence-electron chi connectivity index (χ4n) is 2.72. The first-order chi connectivity index (χ1) is 13.0. The number of nitrogens with zero attached hydrogens (tertiary/aromatic N) is 2. The molecular formula is C20H28N4O3. The molecular weight excluding hydrogens is 344 g/mol. The van der Waals surface area contributed by atoms with Gasteiger partial charge in [0.25, 0.3) is 0 Å². The molecule has 0 fully saturated rings. The van der Waals surface area contributed by atoms with Crippen molar-refractivity contribution in [3.8, 4) is 11.5 Å². The molecule has 1 amide bonds. The molecule has 2 N–H and O–H groups in total. The van der Waals surface area contributed by atoms with Gasteiger partial charge in [-0.25, -0.2) is 9.97 Å². The number of hydrogen-bond donors (Lipinski definition) is 2. The minimum atomic E-state index is 0.0404. The second-order valence-electron chi connectivity index (χ2n) is 6.29. The maximum absolute atomic E-state index is 12.0. The molecule has 0 aliphatic rings. The lowest BCUT2D eigenvalue weighted by Gasteiger charge is -2.10. The number of carbonyl (C=O) groups excluding carboxylic acids is 1. The summed E-state index contributed by atoms with van der Waals surface area (Å²) < 4.78 is 10.5. The van der Waals surface area contributed by atoms with Crippen molar-refractivity contribution >= 4 is 11.9 Å². The van der Waals surface area contributed by atoms with Crippen LogP contribution in [0.5, 0.6) is 11.5 Å². The quantitative estimate of drug-likeness (QED) is 0.624. The van der Waals surface area contributed by atoms with E-state index in [0.29, 0.717) is 37.0 Å². The van der Waals surface area contributed by atoms with Gasteiger partial charge in [-0.2, -0.15) is 0 Å². The van der Waals surface area contributed by atoms with Crippen LogP contribution < -0.4 is 20.1 Å². The Morgan fingerprint density at radius 2 is 1.70 bits per heavy atom. The topological polar surface area (TPSA) is 85.4 Å². The van der Waals surface area contributed by atoms with E-state index in [1.165, 1.54) is 0 Å². The van der Waals surface area contributed by atoms with Crippen LogP contribution in [-0.4, -0.2) is 43.2 Å². The molecule has 0 aliphatic carbocycles. The molecule has 146 valence electrons. The molecule has 0 atom stereocenters. The molecule has 0 unspecified atom stereocenters. The van der Waals surface area contributed by atoms with E-state index in [9.17, 15) is 4.79 Å². The maximum atomic E-state index is 12.0. The van der Waals surface area contributed by atoms with Gasteiger partial charge in [-0.05, 0) is 50.5 Å². The summed E-state index contributed by atoms with van der Waals surface area (Å²) in [4.78, 5) is 20.6. The Morgan fingerprint density at radius 1 is 1.00 bits per heavy atom. The zero-order chi connectivity index (χ0) is 19.6. The Hall–Kier alpha value is -2.83. The molecule has 0 saturated heterocycles. The molecule has 2 rings (SSSR count). The van der Waals surface area contributed by atoms with Crippen molar-refractivity contribution in [1.29, 1.82) is 0 Å². The number of benzene rings is 1. The number of ether oxygens (including phenoxy) is 2. The third-order valence-electron chi connectivity index (χ3n) is 4.03. The van der Waals surface area contributed by atoms with E-state index in [1.54, 1.807) is 14.2 Å². The summed E-state index contributed by atoms with van der Waals surface area (Å²) in [6.07, 6.45) is 1.92. The van der Waals surface area contributed by atoms with E-state index in [4.69, 9.17) is 9.47 Å². The lowest BCUT2D eigenvalue weighted by atomic mass is 10.1. The number of aromatic nitrogens is 2. The van der Waals surface area contributed by atoms with Crippen LogP contribution in [0.25, 0.3) is 0 Å². The van der Waals surface area contributed by atoms with Gasteiger partial charge in [0.2, 0.25) is 11.9 Å². The van der Waals surface area contributed by atoms with E-state index in [0.717, 1.165) is 29.8 Å². The second-order valence-corrected chi connectivity index (χ2v) is 6.29. The largest absolute Gasteiger partial charge is 0.493 e. The predicted molar refractivity (Wildman–Crippen MR) is 105 cm³/mol. The number of amides is 1. The van der Waals surface area contributed by atoms with Crippen LogP contribution in [0.1, 0.15) is 29.8 Å². The van der Waals surface area contributed by atoms with Crippen LogP contribution in [-0.2, 0) is 11.2 Å². The Kier molecular flexibility index (Phi) is 7.85. The smallest absolute Gasteiger partial charge is 0.223 e. The minimum Gasteiger partial charge on any atom is -0.493 e. The van der Waals surface area contributed by atoms with Gasteiger partial charge in [0.05, 0.1) is 14.2 Å². The Morgan fingerprint density at radius 3 is 2.37 bits per heavy atom. The molecule has 27 heavy (non-hydrogen) atoms. The normalized spacial score (nSPS) is 10.4. The van der Waals surface area contributed by atoms with Crippen molar-refractivity contribution in [3.63, 3.8) is 0 Å². The summed E-state index contributed by atoms with van der Waals surface area (Å²) in [6.45, 7) is 5.12. The highest BCUT2D eigenvalue weighted by Gasteiger charge is 2.06. The molecule has 0 radical (unpaired) electrons. The molecule has 2 aromatic rings. The average molecular weight is 372 g/mol. The third-order valence-corrected chi connectivity index (χ3v) is 4.03. The van der Waals surface area contributed by atoms with Gasteiger partial charge in [-0.1, -0.05) is 6.07 Å². The van der Waals surface area contributed by atoms with Crippen molar-refractivity contribution in [2.45, 2.75) is 33.1 Å². The van der Waals surface area contributed by atoms with E-state index < -0.39 is 0 Å². The molecule has 0 bridgehead atoms. The molecule has 7 heteroatoms. The molecule has 7 nitrogen and oxygen atoms in total. The summed E-state index contributed by atoms with van der Waals surface area (Å²) in [5.74, 6) is 2.05. The molecule has 0 aliphatic heterocycles. The SMILES string of the molecule is COc1ccc(CCNC(=O)CCCNc2nc(C)cc(C)n2)cc1OC. The molecule has 1 aromatic heterocycles. The van der Waals surface area contributed by atoms with Crippen LogP contribution in [0.3, 0.4) is 0 Å². The van der Waals surface area contributed by atoms with Gasteiger partial charge in [0.15, 0.2) is 11.5 Å². The van der Waals surface area contributed by atoms with Gasteiger partial charge < -0.3 is 20.1 Å². The minimum absolute atomic E-state index is 0.0404. The predicted octanol–water partition coefficient (Wildman–Crippen LogP) is 2.66. The van der Waals surface area contributed by atoms with Crippen LogP contribution in [0.15, 0.2) is 24.3 Å². The summed E-state index contributed by atoms with van der Waals surface area (Å²) in [6, 6.07) is 7.70. The van der Waals surface area contributed by atoms with Gasteiger partial charge >= 0.3 is 0 Å². The van der Waals surface area contributed by atoms with Crippen molar-refractivity contribution in [2.24, 2.45) is 0 Å². The zero-order valence-corrected chi connectivity index (χ0v) is 16.5. The number of rotatable bonds is 10. The van der Waals surface area contributed by atoms with Crippen molar-refractivity contribution in [3.05, 3.63) is 41.2 Å². The summed E-state index contributed by atoms with van der Waals surface area (Å²) >= 11 is 0. The highest BCUT2D eigenvalue weighted by molar-refractivity contribution is 5.75. The van der Waals surface area contributed by atoms with Crippen LogP contribution in [0.4, 0.5) is 5.95 Å². The van der Waals surface area contributed by atoms with Gasteiger partial charge in [0, 0.05) is 30.9 Å². The first-order valence-corrected chi connectivity index (χ1v) is 9.05. The zero-order valence-electron chi connectivity index (χ0n) is 16.5. The number of methoxy groups -OCH3 is 2. The number of nitrogens with one attached hydrogen (secondary N) is 2. The number of aryl methyl sites for hydroxylation is 2. The molecule has 0 spiro atoms. The summed E-state index contributed by atoms with van der Waals surface area (Å²) in [5, 5.41) is 6.10. The van der Waals surface area contributed by atoms with Gasteiger partial charge in [-0.3, -0.25) is 4.79 Å². The van der Waals surface area contributed by atoms with E-state index in [2.05, 4.69) is 20.6 Å². The van der Waals surface area contributed by atoms with Crippen molar-refractivity contribution < 1.29 is 14.3 Å². The Labute approximate surface area is 160 Å². The number of carbonyl (C=O) groups is 1. The molecule has 1 aromatic carbocycles. The molecule has 0 saturated carbocycles. The van der Waals surface area contributed by atoms with E-state index in [1.807, 2.05) is 38.1 Å². The first-order valence-electron chi connectivity index (χ1n) is 9.05. The van der Waals surface area contributed by atoms with Crippen molar-refractivity contribution in [1.82, 2.24) is 15.3 Å². The Bertz CT molecular complexity index is 745. The third kappa shape index (κ3) is 6.77. The summed E-state index contributed by atoms with van der Waals surface area (Å²) in [7, 11) is 3.22. The highest BCUT2D eigenvalue weighted by Crippen LogP contribution is 2.27. The fraction of sp³-hybridized carbons (Fsp3) is 0.450.